The summed E-state index contributed by atoms with van der Waals surface area (Å²) in [6, 6.07) is 4.40. The van der Waals surface area contributed by atoms with Crippen LogP contribution in [0.1, 0.15) is 37.7 Å². The molecule has 1 aliphatic rings. The molecule has 0 aromatic heterocycles. The Labute approximate surface area is 123 Å². The molecule has 1 aromatic rings. The van der Waals surface area contributed by atoms with Crippen LogP contribution in [-0.4, -0.2) is 11.9 Å². The van der Waals surface area contributed by atoms with Crippen molar-refractivity contribution in [1.82, 2.24) is 5.32 Å². The molecule has 1 aromatic carbocycles. The van der Waals surface area contributed by atoms with E-state index in [-0.39, 0.29) is 22.9 Å². The fourth-order valence-corrected chi connectivity index (χ4v) is 2.83. The van der Waals surface area contributed by atoms with E-state index in [0.717, 1.165) is 37.7 Å². The van der Waals surface area contributed by atoms with Crippen molar-refractivity contribution in [3.63, 3.8) is 0 Å². The molecule has 2 rings (SSSR count). The number of carbonyl (C=O) groups excluding carboxylic acids is 1. The Morgan fingerprint density at radius 2 is 2.10 bits per heavy atom. The highest BCUT2D eigenvalue weighted by molar-refractivity contribution is 6.30. The van der Waals surface area contributed by atoms with Crippen LogP contribution in [0.2, 0.25) is 5.02 Å². The predicted molar refractivity (Wildman–Crippen MR) is 77.8 cm³/mol. The quantitative estimate of drug-likeness (QED) is 0.843. The van der Waals surface area contributed by atoms with E-state index in [4.69, 9.17) is 17.3 Å². The van der Waals surface area contributed by atoms with Crippen molar-refractivity contribution in [3.8, 4) is 0 Å². The smallest absolute Gasteiger partial charge is 0.224 e. The van der Waals surface area contributed by atoms with E-state index in [1.165, 1.54) is 12.1 Å². The Hall–Kier alpha value is -1.13. The maximum Gasteiger partial charge on any atom is 0.224 e. The first-order valence-electron chi connectivity index (χ1n) is 7.05. The molecule has 0 saturated heterocycles. The average molecular weight is 299 g/mol. The highest BCUT2D eigenvalue weighted by atomic mass is 35.5. The molecule has 0 heterocycles. The van der Waals surface area contributed by atoms with Gasteiger partial charge in [-0.1, -0.05) is 36.9 Å². The zero-order valence-corrected chi connectivity index (χ0v) is 12.1. The Balaban J connectivity index is 1.92. The number of halogens is 2. The first-order chi connectivity index (χ1) is 9.58. The predicted octanol–water partition coefficient (Wildman–Crippen LogP) is 3.00. The molecular weight excluding hydrogens is 279 g/mol. The van der Waals surface area contributed by atoms with Gasteiger partial charge in [-0.15, -0.1) is 0 Å². The van der Waals surface area contributed by atoms with Crippen LogP contribution in [0.5, 0.6) is 0 Å². The summed E-state index contributed by atoms with van der Waals surface area (Å²) in [5, 5.41) is 2.95. The number of nitrogens with two attached hydrogens (primary N) is 1. The molecular formula is C15H20ClFN2O. The van der Waals surface area contributed by atoms with Gasteiger partial charge < -0.3 is 11.1 Å². The average Bonchev–Trinajstić information content (AvgIpc) is 2.64. The molecule has 3 nitrogen and oxygen atoms in total. The molecule has 2 unspecified atom stereocenters. The number of amides is 1. The van der Waals surface area contributed by atoms with Crippen molar-refractivity contribution in [1.29, 1.82) is 0 Å². The lowest BCUT2D eigenvalue weighted by molar-refractivity contribution is -0.126. The molecule has 2 atom stereocenters. The maximum atomic E-state index is 13.0. The van der Waals surface area contributed by atoms with Crippen LogP contribution in [0.4, 0.5) is 4.39 Å². The molecule has 0 bridgehead atoms. The minimum Gasteiger partial charge on any atom is -0.352 e. The van der Waals surface area contributed by atoms with Gasteiger partial charge in [0, 0.05) is 12.6 Å². The van der Waals surface area contributed by atoms with Gasteiger partial charge in [0.05, 0.1) is 10.9 Å². The van der Waals surface area contributed by atoms with Crippen molar-refractivity contribution in [2.45, 2.75) is 44.7 Å². The standard InChI is InChI=1S/C15H20ClFN2O/c16-12-8-10(6-7-13(12)17)9-19-15(20)11-4-2-1-3-5-14(11)18/h6-8,11,14H,1-5,9,18H2,(H,19,20). The Morgan fingerprint density at radius 3 is 2.85 bits per heavy atom. The van der Waals surface area contributed by atoms with E-state index in [9.17, 15) is 9.18 Å². The van der Waals surface area contributed by atoms with Crippen molar-refractivity contribution in [2.75, 3.05) is 0 Å². The van der Waals surface area contributed by atoms with Crippen LogP contribution in [-0.2, 0) is 11.3 Å². The number of benzene rings is 1. The molecule has 20 heavy (non-hydrogen) atoms. The summed E-state index contributed by atoms with van der Waals surface area (Å²) in [5.74, 6) is -0.583. The third kappa shape index (κ3) is 3.93. The van der Waals surface area contributed by atoms with Gasteiger partial charge >= 0.3 is 0 Å². The van der Waals surface area contributed by atoms with Crippen molar-refractivity contribution in [3.05, 3.63) is 34.6 Å². The van der Waals surface area contributed by atoms with Crippen LogP contribution in [0, 0.1) is 11.7 Å². The molecule has 1 fully saturated rings. The van der Waals surface area contributed by atoms with Crippen LogP contribution in [0.25, 0.3) is 0 Å². The largest absolute Gasteiger partial charge is 0.352 e. The first-order valence-corrected chi connectivity index (χ1v) is 7.43. The monoisotopic (exact) mass is 298 g/mol. The normalized spacial score (nSPS) is 23.1. The topological polar surface area (TPSA) is 55.1 Å². The van der Waals surface area contributed by atoms with E-state index in [2.05, 4.69) is 5.32 Å². The van der Waals surface area contributed by atoms with E-state index in [0.29, 0.717) is 6.54 Å². The second-order valence-corrected chi connectivity index (χ2v) is 5.78. The second-order valence-electron chi connectivity index (χ2n) is 5.37. The number of rotatable bonds is 3. The lowest BCUT2D eigenvalue weighted by atomic mass is 9.94. The van der Waals surface area contributed by atoms with Crippen molar-refractivity contribution < 1.29 is 9.18 Å². The Bertz CT molecular complexity index is 481. The molecule has 0 aliphatic heterocycles. The van der Waals surface area contributed by atoms with Crippen LogP contribution < -0.4 is 11.1 Å². The zero-order chi connectivity index (χ0) is 14.5. The molecule has 1 saturated carbocycles. The van der Waals surface area contributed by atoms with Gasteiger partial charge in [-0.25, -0.2) is 4.39 Å². The number of nitrogens with one attached hydrogen (secondary N) is 1. The summed E-state index contributed by atoms with van der Waals surface area (Å²) in [6.07, 6.45) is 5.04. The number of carbonyl (C=O) groups is 1. The van der Waals surface area contributed by atoms with Crippen molar-refractivity contribution in [2.24, 2.45) is 11.7 Å². The van der Waals surface area contributed by atoms with E-state index < -0.39 is 5.82 Å². The summed E-state index contributed by atoms with van der Waals surface area (Å²) >= 11 is 5.71. The Kier molecular flexibility index (Phi) is 5.38. The summed E-state index contributed by atoms with van der Waals surface area (Å²) in [6.45, 7) is 0.349. The van der Waals surface area contributed by atoms with E-state index in [1.807, 2.05) is 0 Å². The van der Waals surface area contributed by atoms with E-state index in [1.54, 1.807) is 6.07 Å². The van der Waals surface area contributed by atoms with Gasteiger partial charge in [0.15, 0.2) is 0 Å². The highest BCUT2D eigenvalue weighted by Gasteiger charge is 2.26. The fraction of sp³-hybridized carbons (Fsp3) is 0.533. The van der Waals surface area contributed by atoms with Gasteiger partial charge in [-0.3, -0.25) is 4.79 Å². The lowest BCUT2D eigenvalue weighted by Gasteiger charge is -2.20. The minimum atomic E-state index is -0.451. The van der Waals surface area contributed by atoms with Crippen LogP contribution >= 0.6 is 11.6 Å². The molecule has 5 heteroatoms. The van der Waals surface area contributed by atoms with E-state index >= 15 is 0 Å². The minimum absolute atomic E-state index is 0.0140. The molecule has 0 spiro atoms. The van der Waals surface area contributed by atoms with Gasteiger partial charge in [0.25, 0.3) is 0 Å². The van der Waals surface area contributed by atoms with Crippen LogP contribution in [0.15, 0.2) is 18.2 Å². The molecule has 1 aliphatic carbocycles. The third-order valence-electron chi connectivity index (χ3n) is 3.86. The van der Waals surface area contributed by atoms with Gasteiger partial charge in [-0.05, 0) is 30.5 Å². The summed E-state index contributed by atoms with van der Waals surface area (Å²) in [7, 11) is 0. The fourth-order valence-electron chi connectivity index (χ4n) is 2.63. The zero-order valence-electron chi connectivity index (χ0n) is 11.4. The Morgan fingerprint density at radius 1 is 1.35 bits per heavy atom. The second kappa shape index (κ2) is 7.04. The van der Waals surface area contributed by atoms with Crippen LogP contribution in [0.3, 0.4) is 0 Å². The first kappa shape index (κ1) is 15.3. The van der Waals surface area contributed by atoms with Crippen molar-refractivity contribution >= 4 is 17.5 Å². The van der Waals surface area contributed by atoms with Gasteiger partial charge in [0.2, 0.25) is 5.91 Å². The third-order valence-corrected chi connectivity index (χ3v) is 4.15. The SMILES string of the molecule is NC1CCCCCC1C(=O)NCc1ccc(F)c(Cl)c1. The maximum absolute atomic E-state index is 13.0. The summed E-state index contributed by atoms with van der Waals surface area (Å²) < 4.78 is 13.0. The lowest BCUT2D eigenvalue weighted by Crippen LogP contribution is -2.41. The number of hydrogen-bond acceptors (Lipinski definition) is 2. The molecule has 110 valence electrons. The molecule has 1 amide bonds. The summed E-state index contributed by atoms with van der Waals surface area (Å²) in [5.41, 5.74) is 6.85. The van der Waals surface area contributed by atoms with Gasteiger partial charge in [-0.2, -0.15) is 0 Å². The summed E-state index contributed by atoms with van der Waals surface area (Å²) in [4.78, 5) is 12.2. The molecule has 3 N–H and O–H groups in total. The molecule has 0 radical (unpaired) electrons. The number of hydrogen-bond donors (Lipinski definition) is 2. The van der Waals surface area contributed by atoms with Gasteiger partial charge in [0.1, 0.15) is 5.82 Å². The highest BCUT2D eigenvalue weighted by Crippen LogP contribution is 2.22.